The number of nitrogens with zero attached hydrogens (tertiary/aromatic N) is 2. The van der Waals surface area contributed by atoms with Crippen LogP contribution in [0.15, 0.2) is 72.8 Å². The van der Waals surface area contributed by atoms with Crippen molar-refractivity contribution in [3.05, 3.63) is 101 Å². The van der Waals surface area contributed by atoms with E-state index < -0.39 is 0 Å². The van der Waals surface area contributed by atoms with Gasteiger partial charge in [-0.3, -0.25) is 19.1 Å². The standard InChI is InChI=1S/C30H28N4O3/c1-18(35)31-20-10-12-22-23-13-11-21(15-25(23)28(36)24(22)14-20)32-29(37)26-16-27(30(2,3)4)33-34(26)17-19-8-6-5-7-9-19/h5-16H,17H2,1-4H3,(H,31,35)(H,32,37). The van der Waals surface area contributed by atoms with E-state index in [1.807, 2.05) is 48.5 Å². The molecule has 186 valence electrons. The van der Waals surface area contributed by atoms with Gasteiger partial charge < -0.3 is 10.6 Å². The van der Waals surface area contributed by atoms with Crippen molar-refractivity contribution < 1.29 is 14.4 Å². The molecule has 7 heteroatoms. The summed E-state index contributed by atoms with van der Waals surface area (Å²) in [6, 6.07) is 22.3. The van der Waals surface area contributed by atoms with E-state index in [9.17, 15) is 14.4 Å². The van der Waals surface area contributed by atoms with E-state index in [0.29, 0.717) is 34.7 Å². The van der Waals surface area contributed by atoms with Gasteiger partial charge in [-0.1, -0.05) is 63.2 Å². The molecule has 1 heterocycles. The molecule has 0 saturated carbocycles. The van der Waals surface area contributed by atoms with Gasteiger partial charge in [0.1, 0.15) is 5.69 Å². The zero-order valence-corrected chi connectivity index (χ0v) is 21.3. The fourth-order valence-electron chi connectivity index (χ4n) is 4.48. The van der Waals surface area contributed by atoms with Gasteiger partial charge in [-0.05, 0) is 47.0 Å². The van der Waals surface area contributed by atoms with Crippen molar-refractivity contribution in [2.24, 2.45) is 0 Å². The third-order valence-corrected chi connectivity index (χ3v) is 6.35. The maximum Gasteiger partial charge on any atom is 0.273 e. The van der Waals surface area contributed by atoms with Crippen LogP contribution in [0.4, 0.5) is 11.4 Å². The zero-order chi connectivity index (χ0) is 26.3. The monoisotopic (exact) mass is 492 g/mol. The largest absolute Gasteiger partial charge is 0.326 e. The molecule has 0 saturated heterocycles. The Bertz CT molecular complexity index is 1550. The number of carbonyl (C=O) groups is 3. The van der Waals surface area contributed by atoms with Gasteiger partial charge in [-0.25, -0.2) is 0 Å². The second-order valence-corrected chi connectivity index (χ2v) is 10.3. The predicted octanol–water partition coefficient (Wildman–Crippen LogP) is 5.65. The molecule has 1 aromatic heterocycles. The van der Waals surface area contributed by atoms with Crippen LogP contribution in [0.25, 0.3) is 11.1 Å². The van der Waals surface area contributed by atoms with Crippen molar-refractivity contribution in [1.29, 1.82) is 0 Å². The molecule has 2 amide bonds. The molecule has 7 nitrogen and oxygen atoms in total. The van der Waals surface area contributed by atoms with Crippen LogP contribution in [0.2, 0.25) is 0 Å². The van der Waals surface area contributed by atoms with Gasteiger partial charge >= 0.3 is 0 Å². The highest BCUT2D eigenvalue weighted by Gasteiger charge is 2.28. The van der Waals surface area contributed by atoms with Crippen molar-refractivity contribution in [2.75, 3.05) is 10.6 Å². The van der Waals surface area contributed by atoms with E-state index in [4.69, 9.17) is 5.10 Å². The molecule has 37 heavy (non-hydrogen) atoms. The molecular weight excluding hydrogens is 464 g/mol. The van der Waals surface area contributed by atoms with Crippen LogP contribution in [0.1, 0.15) is 65.4 Å². The van der Waals surface area contributed by atoms with E-state index in [-0.39, 0.29) is 23.0 Å². The van der Waals surface area contributed by atoms with Crippen LogP contribution in [0.5, 0.6) is 0 Å². The Morgan fingerprint density at radius 1 is 0.811 bits per heavy atom. The molecule has 0 aliphatic heterocycles. The summed E-state index contributed by atoms with van der Waals surface area (Å²) in [6.07, 6.45) is 0. The number of anilines is 2. The number of amides is 2. The van der Waals surface area contributed by atoms with Gasteiger partial charge in [-0.2, -0.15) is 5.10 Å². The SMILES string of the molecule is CC(=O)Nc1ccc2c(c1)C(=O)c1cc(NC(=O)c3cc(C(C)(C)C)nn3Cc3ccccc3)ccc1-2. The minimum Gasteiger partial charge on any atom is -0.326 e. The van der Waals surface area contributed by atoms with E-state index in [1.165, 1.54) is 6.92 Å². The van der Waals surface area contributed by atoms with Crippen LogP contribution in [0, 0.1) is 0 Å². The maximum absolute atomic E-state index is 13.4. The molecule has 1 aliphatic rings. The zero-order valence-electron chi connectivity index (χ0n) is 21.3. The van der Waals surface area contributed by atoms with E-state index >= 15 is 0 Å². The molecule has 0 bridgehead atoms. The summed E-state index contributed by atoms with van der Waals surface area (Å²) < 4.78 is 1.73. The first kappa shape index (κ1) is 24.2. The van der Waals surface area contributed by atoms with Gasteiger partial charge in [0, 0.05) is 34.8 Å². The molecule has 0 radical (unpaired) electrons. The summed E-state index contributed by atoms with van der Waals surface area (Å²) in [6.45, 7) is 8.07. The lowest BCUT2D eigenvalue weighted by atomic mass is 9.92. The van der Waals surface area contributed by atoms with E-state index in [2.05, 4.69) is 31.4 Å². The fourth-order valence-corrected chi connectivity index (χ4v) is 4.48. The number of nitrogens with one attached hydrogen (secondary N) is 2. The second-order valence-electron chi connectivity index (χ2n) is 10.3. The third kappa shape index (κ3) is 4.80. The van der Waals surface area contributed by atoms with Crippen molar-refractivity contribution in [3.8, 4) is 11.1 Å². The van der Waals surface area contributed by atoms with Crippen molar-refractivity contribution in [3.63, 3.8) is 0 Å². The van der Waals surface area contributed by atoms with Crippen molar-refractivity contribution in [1.82, 2.24) is 9.78 Å². The molecular formula is C30H28N4O3. The molecule has 0 spiro atoms. The van der Waals surface area contributed by atoms with Crippen LogP contribution >= 0.6 is 0 Å². The lowest BCUT2D eigenvalue weighted by Crippen LogP contribution is -2.18. The Hall–Kier alpha value is -4.52. The van der Waals surface area contributed by atoms with Gasteiger partial charge in [0.2, 0.25) is 5.91 Å². The summed E-state index contributed by atoms with van der Waals surface area (Å²) in [5.74, 6) is -0.638. The predicted molar refractivity (Wildman–Crippen MR) is 144 cm³/mol. The normalized spacial score (nSPS) is 12.2. The minimum absolute atomic E-state index is 0.141. The molecule has 3 aromatic carbocycles. The average Bonchev–Trinajstić information content (AvgIpc) is 3.39. The Morgan fingerprint density at radius 3 is 1.97 bits per heavy atom. The van der Waals surface area contributed by atoms with Crippen LogP contribution in [-0.4, -0.2) is 27.4 Å². The van der Waals surface area contributed by atoms with Crippen molar-refractivity contribution >= 4 is 29.0 Å². The van der Waals surface area contributed by atoms with Crippen molar-refractivity contribution in [2.45, 2.75) is 39.7 Å². The fraction of sp³-hybridized carbons (Fsp3) is 0.200. The summed E-state index contributed by atoms with van der Waals surface area (Å²) in [5, 5.41) is 10.4. The number of hydrogen-bond donors (Lipinski definition) is 2. The summed E-state index contributed by atoms with van der Waals surface area (Å²) >= 11 is 0. The Balaban J connectivity index is 1.43. The number of aromatic nitrogens is 2. The average molecular weight is 493 g/mol. The van der Waals surface area contributed by atoms with Gasteiger partial charge in [0.15, 0.2) is 5.78 Å². The quantitative estimate of drug-likeness (QED) is 0.332. The molecule has 0 fully saturated rings. The van der Waals surface area contributed by atoms with Crippen LogP contribution in [0.3, 0.4) is 0 Å². The Labute approximate surface area is 215 Å². The number of ketones is 1. The van der Waals surface area contributed by atoms with Crippen LogP contribution < -0.4 is 10.6 Å². The summed E-state index contributed by atoms with van der Waals surface area (Å²) in [4.78, 5) is 38.0. The van der Waals surface area contributed by atoms with E-state index in [0.717, 1.165) is 22.4 Å². The molecule has 2 N–H and O–H groups in total. The Kier molecular flexibility index (Phi) is 5.99. The number of fused-ring (bicyclic) bond motifs is 3. The maximum atomic E-state index is 13.4. The highest BCUT2D eigenvalue weighted by atomic mass is 16.2. The Morgan fingerprint density at radius 2 is 1.41 bits per heavy atom. The highest BCUT2D eigenvalue weighted by Crippen LogP contribution is 2.39. The van der Waals surface area contributed by atoms with Crippen LogP contribution in [-0.2, 0) is 16.8 Å². The third-order valence-electron chi connectivity index (χ3n) is 6.35. The number of benzene rings is 3. The minimum atomic E-state index is -0.296. The first-order valence-electron chi connectivity index (χ1n) is 12.1. The first-order valence-corrected chi connectivity index (χ1v) is 12.1. The van der Waals surface area contributed by atoms with E-state index in [1.54, 1.807) is 28.9 Å². The summed E-state index contributed by atoms with van der Waals surface area (Å²) in [7, 11) is 0. The molecule has 4 aromatic rings. The molecule has 0 atom stereocenters. The first-order chi connectivity index (χ1) is 17.6. The highest BCUT2D eigenvalue weighted by molar-refractivity contribution is 6.23. The summed E-state index contributed by atoms with van der Waals surface area (Å²) in [5.41, 5.74) is 5.84. The topological polar surface area (TPSA) is 93.1 Å². The molecule has 1 aliphatic carbocycles. The lowest BCUT2D eigenvalue weighted by Gasteiger charge is -2.14. The smallest absolute Gasteiger partial charge is 0.273 e. The molecule has 0 unspecified atom stereocenters. The lowest BCUT2D eigenvalue weighted by molar-refractivity contribution is -0.114. The van der Waals surface area contributed by atoms with Gasteiger partial charge in [0.05, 0.1) is 12.2 Å². The number of hydrogen-bond acceptors (Lipinski definition) is 4. The second kappa shape index (κ2) is 9.17. The number of rotatable bonds is 5. The van der Waals surface area contributed by atoms with Gasteiger partial charge in [0.25, 0.3) is 5.91 Å². The van der Waals surface area contributed by atoms with Gasteiger partial charge in [-0.15, -0.1) is 0 Å². The number of carbonyl (C=O) groups excluding carboxylic acids is 3. The molecule has 5 rings (SSSR count).